The van der Waals surface area contributed by atoms with Gasteiger partial charge in [-0.05, 0) is 60.5 Å². The van der Waals surface area contributed by atoms with E-state index in [0.717, 1.165) is 11.3 Å². The Labute approximate surface area is 221 Å². The van der Waals surface area contributed by atoms with Crippen LogP contribution in [0.15, 0.2) is 72.3 Å². The van der Waals surface area contributed by atoms with Crippen LogP contribution in [0.2, 0.25) is 0 Å². The van der Waals surface area contributed by atoms with Gasteiger partial charge in [-0.2, -0.15) is 0 Å². The Morgan fingerprint density at radius 3 is 2.58 bits per heavy atom. The monoisotopic (exact) mass is 514 g/mol. The van der Waals surface area contributed by atoms with Crippen LogP contribution in [-0.2, 0) is 16.1 Å². The molecule has 196 valence electrons. The normalized spacial score (nSPS) is 18.2. The van der Waals surface area contributed by atoms with Gasteiger partial charge in [0.1, 0.15) is 29.6 Å². The molecule has 0 aromatic heterocycles. The number of anilines is 1. The number of Topliss-reactive ketones (excluding diaryl/α,β-unsaturated/α-hetero) is 1. The molecule has 1 N–H and O–H groups in total. The number of rotatable bonds is 7. The molecule has 5 rings (SSSR count). The number of likely N-dealkylation sites (N-methyl/N-ethyl adjacent to an activating group) is 1. The van der Waals surface area contributed by atoms with Crippen LogP contribution in [0.4, 0.5) is 5.69 Å². The van der Waals surface area contributed by atoms with Crippen molar-refractivity contribution in [3.63, 3.8) is 0 Å². The molecule has 0 bridgehead atoms. The minimum absolute atomic E-state index is 0.0421. The number of hydrogen-bond acceptors (Lipinski definition) is 7. The average molecular weight is 515 g/mol. The lowest BCUT2D eigenvalue weighted by atomic mass is 9.94. The molecule has 1 unspecified atom stereocenters. The highest BCUT2D eigenvalue weighted by Crippen LogP contribution is 2.42. The highest BCUT2D eigenvalue weighted by atomic mass is 16.5. The van der Waals surface area contributed by atoms with Gasteiger partial charge in [-0.1, -0.05) is 24.3 Å². The van der Waals surface area contributed by atoms with Crippen molar-refractivity contribution in [3.8, 4) is 17.2 Å². The third-order valence-corrected chi connectivity index (χ3v) is 6.86. The summed E-state index contributed by atoms with van der Waals surface area (Å²) in [6.07, 6.45) is 0. The molecule has 2 heterocycles. The molecule has 8 heteroatoms. The highest BCUT2D eigenvalue weighted by Gasteiger charge is 2.46. The zero-order valence-corrected chi connectivity index (χ0v) is 21.6. The van der Waals surface area contributed by atoms with Gasteiger partial charge in [0.25, 0.3) is 11.7 Å². The molecule has 2 aliphatic heterocycles. The molecule has 0 radical (unpaired) electrons. The summed E-state index contributed by atoms with van der Waals surface area (Å²) in [6, 6.07) is 19.1. The van der Waals surface area contributed by atoms with Gasteiger partial charge in [0.05, 0.1) is 37.6 Å². The van der Waals surface area contributed by atoms with E-state index in [1.165, 1.54) is 4.90 Å². The number of carbonyl (C=O) groups excluding carboxylic acids is 2. The van der Waals surface area contributed by atoms with Crippen molar-refractivity contribution in [3.05, 3.63) is 89.0 Å². The number of nitrogens with zero attached hydrogens (tertiary/aromatic N) is 2. The van der Waals surface area contributed by atoms with Gasteiger partial charge in [0.15, 0.2) is 0 Å². The molecular formula is C30H30N2O6. The Morgan fingerprint density at radius 1 is 1.05 bits per heavy atom. The third kappa shape index (κ3) is 4.65. The molecule has 1 fully saturated rings. The summed E-state index contributed by atoms with van der Waals surface area (Å²) < 4.78 is 16.6. The molecule has 0 spiro atoms. The first kappa shape index (κ1) is 25.2. The van der Waals surface area contributed by atoms with E-state index in [1.807, 2.05) is 43.1 Å². The van der Waals surface area contributed by atoms with E-state index in [9.17, 15) is 14.7 Å². The number of methoxy groups -OCH3 is 1. The van der Waals surface area contributed by atoms with Crippen molar-refractivity contribution in [2.24, 2.45) is 0 Å². The quantitative estimate of drug-likeness (QED) is 0.281. The SMILES string of the molecule is CCOc1cccc(CN2C(=O)C(=O)/C(=C(\O)c3ccc4c(c3)N(C)CCO4)C2c2ccc(OC)cc2)c1. The van der Waals surface area contributed by atoms with Gasteiger partial charge < -0.3 is 29.1 Å². The predicted molar refractivity (Wildman–Crippen MR) is 144 cm³/mol. The number of fused-ring (bicyclic) bond motifs is 1. The zero-order chi connectivity index (χ0) is 26.8. The van der Waals surface area contributed by atoms with Gasteiger partial charge in [-0.15, -0.1) is 0 Å². The molecule has 2 aliphatic rings. The maximum Gasteiger partial charge on any atom is 0.295 e. The number of amides is 1. The largest absolute Gasteiger partial charge is 0.507 e. The first-order valence-corrected chi connectivity index (χ1v) is 12.5. The van der Waals surface area contributed by atoms with Crippen LogP contribution in [0.3, 0.4) is 0 Å². The second kappa shape index (κ2) is 10.5. The fraction of sp³-hybridized carbons (Fsp3) is 0.267. The molecule has 1 saturated heterocycles. The topological polar surface area (TPSA) is 88.5 Å². The van der Waals surface area contributed by atoms with E-state index in [1.54, 1.807) is 49.6 Å². The van der Waals surface area contributed by atoms with Gasteiger partial charge in [0.2, 0.25) is 0 Å². The number of hydrogen-bond donors (Lipinski definition) is 1. The highest BCUT2D eigenvalue weighted by molar-refractivity contribution is 6.46. The standard InChI is InChI=1S/C30H30N2O6/c1-4-37-23-7-5-6-19(16-23)18-32-27(20-8-11-22(36-3)12-9-20)26(29(34)30(32)35)28(33)21-10-13-25-24(17-21)31(2)14-15-38-25/h5-13,16-17,27,33H,4,14-15,18H2,1-3H3/b28-26-. The van der Waals surface area contributed by atoms with E-state index in [0.29, 0.717) is 48.1 Å². The van der Waals surface area contributed by atoms with Crippen LogP contribution in [0, 0.1) is 0 Å². The van der Waals surface area contributed by atoms with Gasteiger partial charge >= 0.3 is 0 Å². The molecule has 0 saturated carbocycles. The summed E-state index contributed by atoms with van der Waals surface area (Å²) in [5, 5.41) is 11.5. The van der Waals surface area contributed by atoms with Crippen LogP contribution in [0.5, 0.6) is 17.2 Å². The number of aliphatic hydroxyl groups excluding tert-OH is 1. The zero-order valence-electron chi connectivity index (χ0n) is 21.6. The van der Waals surface area contributed by atoms with Crippen LogP contribution in [0.1, 0.15) is 29.7 Å². The predicted octanol–water partition coefficient (Wildman–Crippen LogP) is 4.54. The van der Waals surface area contributed by atoms with Crippen LogP contribution < -0.4 is 19.1 Å². The van der Waals surface area contributed by atoms with Crippen LogP contribution >= 0.6 is 0 Å². The fourth-order valence-corrected chi connectivity index (χ4v) is 4.93. The van der Waals surface area contributed by atoms with E-state index in [-0.39, 0.29) is 17.9 Å². The Bertz CT molecular complexity index is 1400. The van der Waals surface area contributed by atoms with E-state index in [2.05, 4.69) is 0 Å². The number of likely N-dealkylation sites (tertiary alicyclic amines) is 1. The molecule has 1 atom stereocenters. The second-order valence-corrected chi connectivity index (χ2v) is 9.23. The first-order valence-electron chi connectivity index (χ1n) is 12.5. The van der Waals surface area contributed by atoms with Gasteiger partial charge in [-0.25, -0.2) is 0 Å². The van der Waals surface area contributed by atoms with E-state index < -0.39 is 17.7 Å². The minimum atomic E-state index is -0.790. The van der Waals surface area contributed by atoms with Crippen LogP contribution in [-0.4, -0.2) is 55.6 Å². The summed E-state index contributed by atoms with van der Waals surface area (Å²) in [5.41, 5.74) is 2.79. The Hall–Kier alpha value is -4.46. The fourth-order valence-electron chi connectivity index (χ4n) is 4.93. The lowest BCUT2D eigenvalue weighted by molar-refractivity contribution is -0.140. The third-order valence-electron chi connectivity index (χ3n) is 6.86. The van der Waals surface area contributed by atoms with Crippen molar-refractivity contribution in [1.82, 2.24) is 4.90 Å². The van der Waals surface area contributed by atoms with Crippen molar-refractivity contribution >= 4 is 23.1 Å². The lowest BCUT2D eigenvalue weighted by Crippen LogP contribution is -2.29. The summed E-state index contributed by atoms with van der Waals surface area (Å²) in [6.45, 7) is 3.86. The molecule has 3 aromatic rings. The molecule has 3 aromatic carbocycles. The maximum atomic E-state index is 13.5. The average Bonchev–Trinajstić information content (AvgIpc) is 3.18. The Morgan fingerprint density at radius 2 is 1.84 bits per heavy atom. The Balaban J connectivity index is 1.61. The number of ether oxygens (including phenoxy) is 3. The van der Waals surface area contributed by atoms with Crippen LogP contribution in [0.25, 0.3) is 5.76 Å². The Kier molecular flexibility index (Phi) is 6.96. The second-order valence-electron chi connectivity index (χ2n) is 9.23. The molecule has 0 aliphatic carbocycles. The van der Waals surface area contributed by atoms with E-state index >= 15 is 0 Å². The summed E-state index contributed by atoms with van der Waals surface area (Å²) in [5.74, 6) is 0.406. The van der Waals surface area contributed by atoms with Crippen molar-refractivity contribution in [1.29, 1.82) is 0 Å². The number of ketones is 1. The van der Waals surface area contributed by atoms with Gasteiger partial charge in [-0.3, -0.25) is 9.59 Å². The summed E-state index contributed by atoms with van der Waals surface area (Å²) >= 11 is 0. The molecular weight excluding hydrogens is 484 g/mol. The first-order chi connectivity index (χ1) is 18.4. The molecule has 8 nitrogen and oxygen atoms in total. The summed E-state index contributed by atoms with van der Waals surface area (Å²) in [7, 11) is 3.51. The number of benzene rings is 3. The van der Waals surface area contributed by atoms with Crippen molar-refractivity contribution in [2.75, 3.05) is 38.8 Å². The number of aliphatic hydroxyl groups is 1. The van der Waals surface area contributed by atoms with Gasteiger partial charge in [0, 0.05) is 19.2 Å². The molecule has 38 heavy (non-hydrogen) atoms. The lowest BCUT2D eigenvalue weighted by Gasteiger charge is -2.28. The smallest absolute Gasteiger partial charge is 0.295 e. The summed E-state index contributed by atoms with van der Waals surface area (Å²) in [4.78, 5) is 30.4. The van der Waals surface area contributed by atoms with Crippen molar-refractivity contribution < 1.29 is 28.9 Å². The minimum Gasteiger partial charge on any atom is -0.507 e. The number of carbonyl (C=O) groups is 2. The maximum absolute atomic E-state index is 13.5. The molecule has 1 amide bonds. The van der Waals surface area contributed by atoms with Crippen molar-refractivity contribution in [2.45, 2.75) is 19.5 Å². The van der Waals surface area contributed by atoms with E-state index in [4.69, 9.17) is 14.2 Å².